The van der Waals surface area contributed by atoms with Gasteiger partial charge in [-0.25, -0.2) is 14.4 Å². The molecule has 3 rings (SSSR count). The fourth-order valence-corrected chi connectivity index (χ4v) is 4.05. The number of nitrogens with zero attached hydrogens (tertiary/aromatic N) is 2. The number of pyridine rings is 1. The van der Waals surface area contributed by atoms with E-state index in [-0.39, 0.29) is 22.9 Å². The monoisotopic (exact) mass is 462 g/mol. The third-order valence-corrected chi connectivity index (χ3v) is 6.09. The Morgan fingerprint density at radius 2 is 1.97 bits per heavy atom. The molecule has 2 aromatic heterocycles. The van der Waals surface area contributed by atoms with Crippen molar-refractivity contribution in [3.8, 4) is 11.5 Å². The van der Waals surface area contributed by atoms with Gasteiger partial charge in [0.2, 0.25) is 0 Å². The molecule has 0 bridgehead atoms. The predicted octanol–water partition coefficient (Wildman–Crippen LogP) is 3.60. The Balaban J connectivity index is 1.78. The minimum Gasteiger partial charge on any atom is -0.497 e. The van der Waals surface area contributed by atoms with Crippen LogP contribution in [-0.2, 0) is 6.54 Å². The average Bonchev–Trinajstić information content (AvgIpc) is 3.20. The van der Waals surface area contributed by atoms with Crippen molar-refractivity contribution in [2.24, 2.45) is 0 Å². The topological polar surface area (TPSA) is 102 Å². The van der Waals surface area contributed by atoms with Crippen molar-refractivity contribution in [1.82, 2.24) is 15.3 Å². The van der Waals surface area contributed by atoms with Gasteiger partial charge >= 0.3 is 0 Å². The van der Waals surface area contributed by atoms with Gasteiger partial charge in [-0.15, -0.1) is 0 Å². The maximum Gasteiger partial charge on any atom is 0.277 e. The zero-order valence-electron chi connectivity index (χ0n) is 16.9. The molecule has 0 fully saturated rings. The van der Waals surface area contributed by atoms with E-state index in [9.17, 15) is 14.0 Å². The fraction of sp³-hybridized carbons (Fsp3) is 0.200. The normalized spacial score (nSPS) is 10.5. The van der Waals surface area contributed by atoms with Crippen LogP contribution in [0.5, 0.6) is 11.5 Å². The first-order chi connectivity index (χ1) is 15.0. The fourth-order valence-electron chi connectivity index (χ4n) is 2.60. The average molecular weight is 463 g/mol. The third kappa shape index (κ3) is 5.30. The molecule has 3 aromatic rings. The van der Waals surface area contributed by atoms with Crippen molar-refractivity contribution in [3.05, 3.63) is 59.3 Å². The molecule has 0 aliphatic carbocycles. The van der Waals surface area contributed by atoms with Gasteiger partial charge in [0, 0.05) is 24.4 Å². The summed E-state index contributed by atoms with van der Waals surface area (Å²) in [6.45, 7) is 0.167. The molecule has 0 saturated heterocycles. The number of thiazole rings is 1. The molecule has 1 aromatic carbocycles. The van der Waals surface area contributed by atoms with Crippen LogP contribution < -0.4 is 20.1 Å². The van der Waals surface area contributed by atoms with Crippen LogP contribution in [0.25, 0.3) is 0 Å². The van der Waals surface area contributed by atoms with Crippen LogP contribution in [0.4, 0.5) is 9.39 Å². The Labute approximate surface area is 186 Å². The number of aromatic nitrogens is 2. The molecular weight excluding hydrogens is 443 g/mol. The summed E-state index contributed by atoms with van der Waals surface area (Å²) in [5.74, 6) is -0.830. The van der Waals surface area contributed by atoms with Gasteiger partial charge in [0.05, 0.1) is 14.2 Å². The first-order valence-electron chi connectivity index (χ1n) is 8.92. The highest BCUT2D eigenvalue weighted by atomic mass is 32.2. The Bertz CT molecular complexity index is 1110. The summed E-state index contributed by atoms with van der Waals surface area (Å²) in [5.41, 5.74) is 0.403. The second-order valence-corrected chi connectivity index (χ2v) is 8.06. The quantitative estimate of drug-likeness (QED) is 0.493. The van der Waals surface area contributed by atoms with Crippen LogP contribution >= 0.6 is 23.1 Å². The summed E-state index contributed by atoms with van der Waals surface area (Å²) in [6, 6.07) is 7.77. The minimum absolute atomic E-state index is 0.0338. The van der Waals surface area contributed by atoms with Crippen molar-refractivity contribution < 1.29 is 23.5 Å². The number of thioether (sulfide) groups is 1. The predicted molar refractivity (Wildman–Crippen MR) is 117 cm³/mol. The number of amides is 2. The molecule has 0 saturated carbocycles. The molecular formula is C20H19FN4O4S2. The zero-order valence-corrected chi connectivity index (χ0v) is 18.5. The number of benzene rings is 1. The summed E-state index contributed by atoms with van der Waals surface area (Å²) < 4.78 is 24.9. The van der Waals surface area contributed by atoms with Crippen LogP contribution in [0, 0.1) is 5.82 Å². The van der Waals surface area contributed by atoms with E-state index in [1.54, 1.807) is 31.6 Å². The molecule has 0 aliphatic rings. The Morgan fingerprint density at radius 1 is 1.16 bits per heavy atom. The van der Waals surface area contributed by atoms with Crippen LogP contribution in [0.1, 0.15) is 26.5 Å². The highest BCUT2D eigenvalue weighted by molar-refractivity contribution is 8.00. The number of methoxy groups -OCH3 is 2. The maximum atomic E-state index is 13.9. The van der Waals surface area contributed by atoms with Crippen molar-refractivity contribution in [3.63, 3.8) is 0 Å². The molecule has 11 heteroatoms. The van der Waals surface area contributed by atoms with Crippen molar-refractivity contribution in [2.45, 2.75) is 10.9 Å². The van der Waals surface area contributed by atoms with E-state index in [1.165, 1.54) is 31.1 Å². The SMILES string of the molecule is COc1ccc(CNC(=O)c2nc(SC)sc2NC(=O)c2ncccc2F)c(OC)c1. The van der Waals surface area contributed by atoms with Gasteiger partial charge in [-0.1, -0.05) is 23.1 Å². The lowest BCUT2D eigenvalue weighted by atomic mass is 10.2. The van der Waals surface area contributed by atoms with E-state index in [1.807, 2.05) is 0 Å². The van der Waals surface area contributed by atoms with Gasteiger partial charge < -0.3 is 20.1 Å². The van der Waals surface area contributed by atoms with Gasteiger partial charge in [-0.2, -0.15) is 0 Å². The number of anilines is 1. The largest absolute Gasteiger partial charge is 0.497 e. The lowest BCUT2D eigenvalue weighted by Gasteiger charge is -2.11. The molecule has 0 spiro atoms. The van der Waals surface area contributed by atoms with E-state index >= 15 is 0 Å². The summed E-state index contributed by atoms with van der Waals surface area (Å²) in [5, 5.41) is 5.51. The second kappa shape index (κ2) is 10.2. The highest BCUT2D eigenvalue weighted by Gasteiger charge is 2.22. The number of hydrogen-bond acceptors (Lipinski definition) is 8. The van der Waals surface area contributed by atoms with Crippen molar-refractivity contribution in [1.29, 1.82) is 0 Å². The highest BCUT2D eigenvalue weighted by Crippen LogP contribution is 2.31. The summed E-state index contributed by atoms with van der Waals surface area (Å²) in [6.07, 6.45) is 3.11. The summed E-state index contributed by atoms with van der Waals surface area (Å²) in [7, 11) is 3.07. The molecule has 0 radical (unpaired) electrons. The number of carbonyl (C=O) groups excluding carboxylic acids is 2. The molecule has 2 N–H and O–H groups in total. The molecule has 0 atom stereocenters. The number of ether oxygens (including phenoxy) is 2. The second-order valence-electron chi connectivity index (χ2n) is 6.01. The van der Waals surface area contributed by atoms with E-state index in [0.717, 1.165) is 23.0 Å². The maximum absolute atomic E-state index is 13.9. The number of nitrogens with one attached hydrogen (secondary N) is 2. The van der Waals surface area contributed by atoms with Crippen molar-refractivity contribution >= 4 is 39.9 Å². The molecule has 162 valence electrons. The van der Waals surface area contributed by atoms with Crippen LogP contribution in [-0.4, -0.2) is 42.3 Å². The molecule has 31 heavy (non-hydrogen) atoms. The lowest BCUT2D eigenvalue weighted by Crippen LogP contribution is -2.25. The van der Waals surface area contributed by atoms with E-state index < -0.39 is 17.6 Å². The molecule has 2 amide bonds. The Kier molecular flexibility index (Phi) is 7.42. The lowest BCUT2D eigenvalue weighted by molar-refractivity contribution is 0.0947. The van der Waals surface area contributed by atoms with E-state index in [4.69, 9.17) is 9.47 Å². The first-order valence-corrected chi connectivity index (χ1v) is 11.0. The number of halogens is 1. The van der Waals surface area contributed by atoms with Crippen molar-refractivity contribution in [2.75, 3.05) is 25.8 Å². The Morgan fingerprint density at radius 3 is 2.65 bits per heavy atom. The van der Waals surface area contributed by atoms with Gasteiger partial charge in [0.25, 0.3) is 11.8 Å². The van der Waals surface area contributed by atoms with Gasteiger partial charge in [-0.3, -0.25) is 9.59 Å². The molecule has 8 nitrogen and oxygen atoms in total. The Hall–Kier alpha value is -3.18. The molecule has 0 aliphatic heterocycles. The number of hydrogen-bond donors (Lipinski definition) is 2. The number of rotatable bonds is 8. The van der Waals surface area contributed by atoms with Crippen LogP contribution in [0.15, 0.2) is 40.9 Å². The van der Waals surface area contributed by atoms with Crippen LogP contribution in [0.2, 0.25) is 0 Å². The van der Waals surface area contributed by atoms with Gasteiger partial charge in [0.15, 0.2) is 21.5 Å². The van der Waals surface area contributed by atoms with Gasteiger partial charge in [-0.05, 0) is 30.5 Å². The van der Waals surface area contributed by atoms with Crippen LogP contribution in [0.3, 0.4) is 0 Å². The zero-order chi connectivity index (χ0) is 22.4. The minimum atomic E-state index is -0.764. The molecule has 2 heterocycles. The third-order valence-electron chi connectivity index (χ3n) is 4.13. The first kappa shape index (κ1) is 22.5. The number of carbonyl (C=O) groups is 2. The standard InChI is InChI=1S/C20H19FN4O4S2/c1-28-12-7-6-11(14(9-12)29-2)10-23-17(26)16-19(31-20(24-16)30-3)25-18(27)15-13(21)5-4-8-22-15/h4-9H,10H2,1-3H3,(H,23,26)(H,25,27). The molecule has 0 unspecified atom stereocenters. The van der Waals surface area contributed by atoms with E-state index in [0.29, 0.717) is 15.8 Å². The van der Waals surface area contributed by atoms with Gasteiger partial charge in [0.1, 0.15) is 16.5 Å². The van der Waals surface area contributed by atoms with E-state index in [2.05, 4.69) is 20.6 Å². The summed E-state index contributed by atoms with van der Waals surface area (Å²) >= 11 is 2.44. The smallest absolute Gasteiger partial charge is 0.277 e. The summed E-state index contributed by atoms with van der Waals surface area (Å²) in [4.78, 5) is 33.2.